The van der Waals surface area contributed by atoms with Crippen LogP contribution in [0.5, 0.6) is 5.75 Å². The van der Waals surface area contributed by atoms with Gasteiger partial charge in [0.05, 0.1) is 20.3 Å². The van der Waals surface area contributed by atoms with Crippen LogP contribution in [-0.4, -0.2) is 54.8 Å². The van der Waals surface area contributed by atoms with Gasteiger partial charge in [-0.05, 0) is 24.0 Å². The standard InChI is InChI=1S/C17H23NO5/c1-12(9-13-5-3-4-6-14(13)22-2)10-16(19)18-7-8-23-15(11-18)17(20)21/h3-6,12,15H,7-11H2,1-2H3,(H,20,21)/t12-,15-/m1/s1. The van der Waals surface area contributed by atoms with Crippen molar-refractivity contribution in [2.75, 3.05) is 26.8 Å². The molecule has 0 radical (unpaired) electrons. The van der Waals surface area contributed by atoms with Gasteiger partial charge in [-0.1, -0.05) is 25.1 Å². The molecule has 6 nitrogen and oxygen atoms in total. The van der Waals surface area contributed by atoms with E-state index in [1.165, 1.54) is 0 Å². The third-order valence-electron chi connectivity index (χ3n) is 3.98. The Morgan fingerprint density at radius 1 is 1.43 bits per heavy atom. The molecule has 2 rings (SSSR count). The molecule has 1 N–H and O–H groups in total. The van der Waals surface area contributed by atoms with Crippen molar-refractivity contribution >= 4 is 11.9 Å². The van der Waals surface area contributed by atoms with Crippen LogP contribution in [0.1, 0.15) is 18.9 Å². The Labute approximate surface area is 136 Å². The van der Waals surface area contributed by atoms with Gasteiger partial charge >= 0.3 is 5.97 Å². The van der Waals surface area contributed by atoms with E-state index in [1.54, 1.807) is 12.0 Å². The fourth-order valence-corrected chi connectivity index (χ4v) is 2.77. The van der Waals surface area contributed by atoms with Crippen molar-refractivity contribution < 1.29 is 24.2 Å². The number of hydrogen-bond acceptors (Lipinski definition) is 4. The van der Waals surface area contributed by atoms with Gasteiger partial charge in [-0.25, -0.2) is 4.79 Å². The van der Waals surface area contributed by atoms with E-state index < -0.39 is 12.1 Å². The van der Waals surface area contributed by atoms with Crippen LogP contribution < -0.4 is 4.74 Å². The molecule has 1 amide bonds. The number of aliphatic carboxylic acids is 1. The monoisotopic (exact) mass is 321 g/mol. The minimum absolute atomic E-state index is 0.0260. The van der Waals surface area contributed by atoms with E-state index in [9.17, 15) is 9.59 Å². The van der Waals surface area contributed by atoms with Crippen LogP contribution in [0.2, 0.25) is 0 Å². The van der Waals surface area contributed by atoms with Gasteiger partial charge in [-0.2, -0.15) is 0 Å². The zero-order valence-electron chi connectivity index (χ0n) is 13.5. The summed E-state index contributed by atoms with van der Waals surface area (Å²) >= 11 is 0. The summed E-state index contributed by atoms with van der Waals surface area (Å²) < 4.78 is 10.5. The number of hydrogen-bond donors (Lipinski definition) is 1. The van der Waals surface area contributed by atoms with Crippen molar-refractivity contribution in [1.82, 2.24) is 4.90 Å². The van der Waals surface area contributed by atoms with Crippen molar-refractivity contribution in [2.45, 2.75) is 25.9 Å². The Hall–Kier alpha value is -2.08. The Bertz CT molecular complexity index is 560. The van der Waals surface area contributed by atoms with Crippen molar-refractivity contribution in [3.05, 3.63) is 29.8 Å². The third-order valence-corrected chi connectivity index (χ3v) is 3.98. The van der Waals surface area contributed by atoms with Crippen molar-refractivity contribution in [2.24, 2.45) is 5.92 Å². The molecule has 1 saturated heterocycles. The molecule has 0 bridgehead atoms. The Morgan fingerprint density at radius 3 is 2.87 bits per heavy atom. The van der Waals surface area contributed by atoms with Gasteiger partial charge in [0.2, 0.25) is 5.91 Å². The van der Waals surface area contributed by atoms with E-state index in [0.29, 0.717) is 13.0 Å². The van der Waals surface area contributed by atoms with Crippen LogP contribution >= 0.6 is 0 Å². The highest BCUT2D eigenvalue weighted by atomic mass is 16.5. The van der Waals surface area contributed by atoms with E-state index in [1.807, 2.05) is 31.2 Å². The van der Waals surface area contributed by atoms with Crippen LogP contribution in [0.3, 0.4) is 0 Å². The zero-order chi connectivity index (χ0) is 16.8. The molecule has 23 heavy (non-hydrogen) atoms. The van der Waals surface area contributed by atoms with Gasteiger partial charge in [0.15, 0.2) is 6.10 Å². The van der Waals surface area contributed by atoms with Crippen molar-refractivity contribution in [3.8, 4) is 5.75 Å². The molecule has 126 valence electrons. The second-order valence-electron chi connectivity index (χ2n) is 5.86. The van der Waals surface area contributed by atoms with Gasteiger partial charge in [0, 0.05) is 13.0 Å². The molecule has 1 aliphatic rings. The number of carbonyl (C=O) groups excluding carboxylic acids is 1. The largest absolute Gasteiger partial charge is 0.496 e. The normalized spacial score (nSPS) is 19.2. The predicted molar refractivity (Wildman–Crippen MR) is 84.4 cm³/mol. The molecule has 2 atom stereocenters. The van der Waals surface area contributed by atoms with Crippen molar-refractivity contribution in [3.63, 3.8) is 0 Å². The second kappa shape index (κ2) is 7.97. The average molecular weight is 321 g/mol. The van der Waals surface area contributed by atoms with Gasteiger partial charge in [0.25, 0.3) is 0 Å². The van der Waals surface area contributed by atoms with Crippen LogP contribution in [0, 0.1) is 5.92 Å². The van der Waals surface area contributed by atoms with Gasteiger partial charge in [-0.15, -0.1) is 0 Å². The summed E-state index contributed by atoms with van der Waals surface area (Å²) in [6, 6.07) is 7.77. The number of amides is 1. The number of carboxylic acid groups (broad SMARTS) is 1. The second-order valence-corrected chi connectivity index (χ2v) is 5.86. The molecular weight excluding hydrogens is 298 g/mol. The number of morpholine rings is 1. The molecule has 0 aromatic heterocycles. The van der Waals surface area contributed by atoms with Crippen molar-refractivity contribution in [1.29, 1.82) is 0 Å². The topological polar surface area (TPSA) is 76.1 Å². The van der Waals surface area contributed by atoms with E-state index >= 15 is 0 Å². The number of carboxylic acids is 1. The number of para-hydroxylation sites is 1. The highest BCUT2D eigenvalue weighted by Gasteiger charge is 2.29. The molecule has 0 aliphatic carbocycles. The lowest BCUT2D eigenvalue weighted by molar-refractivity contribution is -0.159. The first-order chi connectivity index (χ1) is 11.0. The SMILES string of the molecule is COc1ccccc1C[C@@H](C)CC(=O)N1CCO[C@@H](C(=O)O)C1. The Morgan fingerprint density at radius 2 is 2.17 bits per heavy atom. The molecule has 1 heterocycles. The Balaban J connectivity index is 1.90. The molecule has 1 aliphatic heterocycles. The predicted octanol–water partition coefficient (Wildman–Crippen LogP) is 1.58. The van der Waals surface area contributed by atoms with Crippen LogP contribution in [-0.2, 0) is 20.7 Å². The fraction of sp³-hybridized carbons (Fsp3) is 0.529. The Kier molecular flexibility index (Phi) is 5.98. The van der Waals surface area contributed by atoms with Crippen LogP contribution in [0.25, 0.3) is 0 Å². The lowest BCUT2D eigenvalue weighted by atomic mass is 9.96. The quantitative estimate of drug-likeness (QED) is 0.861. The van der Waals surface area contributed by atoms with E-state index in [0.717, 1.165) is 17.7 Å². The number of carbonyl (C=O) groups is 2. The van der Waals surface area contributed by atoms with Gasteiger partial charge in [-0.3, -0.25) is 4.79 Å². The van der Waals surface area contributed by atoms with Gasteiger partial charge in [0.1, 0.15) is 5.75 Å². The highest BCUT2D eigenvalue weighted by Crippen LogP contribution is 2.22. The number of ether oxygens (including phenoxy) is 2. The zero-order valence-corrected chi connectivity index (χ0v) is 13.5. The maximum atomic E-state index is 12.4. The first kappa shape index (κ1) is 17.3. The maximum absolute atomic E-state index is 12.4. The molecule has 1 fully saturated rings. The minimum atomic E-state index is -1.02. The summed E-state index contributed by atoms with van der Waals surface area (Å²) in [5.74, 6) is -0.0828. The minimum Gasteiger partial charge on any atom is -0.496 e. The number of rotatable bonds is 6. The summed E-state index contributed by atoms with van der Waals surface area (Å²) in [5, 5.41) is 9.00. The smallest absolute Gasteiger partial charge is 0.334 e. The molecule has 0 saturated carbocycles. The van der Waals surface area contributed by atoms with E-state index in [4.69, 9.17) is 14.6 Å². The lowest BCUT2D eigenvalue weighted by Crippen LogP contribution is -2.48. The molecule has 1 aromatic carbocycles. The van der Waals surface area contributed by atoms with Crippen LogP contribution in [0.4, 0.5) is 0 Å². The number of methoxy groups -OCH3 is 1. The van der Waals surface area contributed by atoms with E-state index in [2.05, 4.69) is 0 Å². The average Bonchev–Trinajstić information content (AvgIpc) is 2.55. The summed E-state index contributed by atoms with van der Waals surface area (Å²) in [5.41, 5.74) is 1.07. The summed E-state index contributed by atoms with van der Waals surface area (Å²) in [6.07, 6.45) is 0.199. The number of benzene rings is 1. The first-order valence-electron chi connectivity index (χ1n) is 7.75. The lowest BCUT2D eigenvalue weighted by Gasteiger charge is -2.31. The summed E-state index contributed by atoms with van der Waals surface area (Å²) in [6.45, 7) is 2.85. The summed E-state index contributed by atoms with van der Waals surface area (Å²) in [4.78, 5) is 24.9. The van der Waals surface area contributed by atoms with Gasteiger partial charge < -0.3 is 19.5 Å². The van der Waals surface area contributed by atoms with Crippen LogP contribution in [0.15, 0.2) is 24.3 Å². The molecule has 1 aromatic rings. The molecular formula is C17H23NO5. The molecule has 0 spiro atoms. The third kappa shape index (κ3) is 4.69. The molecule has 0 unspecified atom stereocenters. The number of nitrogens with zero attached hydrogens (tertiary/aromatic N) is 1. The van der Waals surface area contributed by atoms with E-state index in [-0.39, 0.29) is 25.0 Å². The fourth-order valence-electron chi connectivity index (χ4n) is 2.77. The molecule has 6 heteroatoms. The highest BCUT2D eigenvalue weighted by molar-refractivity contribution is 5.78. The first-order valence-corrected chi connectivity index (χ1v) is 7.75. The summed E-state index contributed by atoms with van der Waals surface area (Å²) in [7, 11) is 1.63. The maximum Gasteiger partial charge on any atom is 0.334 e.